The summed E-state index contributed by atoms with van der Waals surface area (Å²) < 4.78 is 27.6. The first-order chi connectivity index (χ1) is 10.0. The number of nitrogens with one attached hydrogen (secondary N) is 1. The molecule has 0 saturated carbocycles. The zero-order valence-corrected chi connectivity index (χ0v) is 13.2. The molecule has 0 spiro atoms. The lowest BCUT2D eigenvalue weighted by Gasteiger charge is -2.18. The van der Waals surface area contributed by atoms with Crippen LogP contribution in [0.3, 0.4) is 0 Å². The van der Waals surface area contributed by atoms with Crippen LogP contribution in [-0.4, -0.2) is 8.42 Å². The van der Waals surface area contributed by atoms with Gasteiger partial charge in [0.15, 0.2) is 0 Å². The van der Waals surface area contributed by atoms with Gasteiger partial charge in [-0.2, -0.15) is 0 Å². The Kier molecular flexibility index (Phi) is 5.15. The molecule has 0 fully saturated rings. The van der Waals surface area contributed by atoms with Crippen molar-refractivity contribution in [3.8, 4) is 0 Å². The van der Waals surface area contributed by atoms with Gasteiger partial charge in [0.25, 0.3) is 0 Å². The van der Waals surface area contributed by atoms with Crippen molar-refractivity contribution in [2.24, 2.45) is 0 Å². The van der Waals surface area contributed by atoms with Crippen molar-refractivity contribution in [2.45, 2.75) is 32.1 Å². The fourth-order valence-electron chi connectivity index (χ4n) is 2.31. The van der Waals surface area contributed by atoms with Gasteiger partial charge in [-0.1, -0.05) is 61.5 Å². The molecule has 2 aromatic carbocycles. The smallest absolute Gasteiger partial charge is 0.212 e. The molecule has 21 heavy (non-hydrogen) atoms. The van der Waals surface area contributed by atoms with Crippen molar-refractivity contribution < 1.29 is 8.42 Å². The van der Waals surface area contributed by atoms with Gasteiger partial charge in [0.1, 0.15) is 0 Å². The second kappa shape index (κ2) is 6.87. The maximum Gasteiger partial charge on any atom is 0.216 e. The van der Waals surface area contributed by atoms with Crippen molar-refractivity contribution in [2.75, 3.05) is 0 Å². The van der Waals surface area contributed by atoms with Crippen molar-refractivity contribution in [3.05, 3.63) is 71.3 Å². The van der Waals surface area contributed by atoms with Crippen molar-refractivity contribution in [1.29, 1.82) is 0 Å². The van der Waals surface area contributed by atoms with Crippen LogP contribution < -0.4 is 4.72 Å². The van der Waals surface area contributed by atoms with E-state index in [1.54, 1.807) is 0 Å². The highest BCUT2D eigenvalue weighted by atomic mass is 32.2. The van der Waals surface area contributed by atoms with E-state index in [-0.39, 0.29) is 11.8 Å². The Morgan fingerprint density at radius 1 is 1.00 bits per heavy atom. The van der Waals surface area contributed by atoms with E-state index >= 15 is 0 Å². The fraction of sp³-hybridized carbons (Fsp3) is 0.294. The Balaban J connectivity index is 2.15. The number of rotatable bonds is 6. The predicted octanol–water partition coefficient (Wildman–Crippen LogP) is 3.57. The van der Waals surface area contributed by atoms with Gasteiger partial charge in [0, 0.05) is 6.04 Å². The van der Waals surface area contributed by atoms with Gasteiger partial charge in [-0.05, 0) is 30.0 Å². The first kappa shape index (κ1) is 15.7. The van der Waals surface area contributed by atoms with Gasteiger partial charge in [-0.15, -0.1) is 0 Å². The molecule has 0 aliphatic rings. The molecule has 0 unspecified atom stereocenters. The minimum absolute atomic E-state index is 0.0169. The van der Waals surface area contributed by atoms with E-state index in [1.165, 1.54) is 0 Å². The van der Waals surface area contributed by atoms with Crippen LogP contribution in [0.1, 0.15) is 36.1 Å². The number of hydrogen-bond acceptors (Lipinski definition) is 2. The number of hydrogen-bond donors (Lipinski definition) is 1. The lowest BCUT2D eigenvalue weighted by molar-refractivity contribution is 0.549. The molecule has 0 aliphatic heterocycles. The molecule has 1 N–H and O–H groups in total. The zero-order chi connectivity index (χ0) is 15.3. The van der Waals surface area contributed by atoms with E-state index in [1.807, 2.05) is 68.4 Å². The quantitative estimate of drug-likeness (QED) is 0.887. The van der Waals surface area contributed by atoms with E-state index in [0.717, 1.165) is 23.1 Å². The summed E-state index contributed by atoms with van der Waals surface area (Å²) in [5, 5.41) is 0. The summed E-state index contributed by atoms with van der Waals surface area (Å²) in [7, 11) is -3.37. The molecule has 0 saturated heterocycles. The maximum atomic E-state index is 12.4. The monoisotopic (exact) mass is 303 g/mol. The summed E-state index contributed by atoms with van der Waals surface area (Å²) in [4.78, 5) is 0. The van der Waals surface area contributed by atoms with Crippen LogP contribution in [0.5, 0.6) is 0 Å². The molecule has 0 aromatic heterocycles. The predicted molar refractivity (Wildman–Crippen MR) is 86.4 cm³/mol. The van der Waals surface area contributed by atoms with Crippen LogP contribution in [0.4, 0.5) is 0 Å². The molecular weight excluding hydrogens is 282 g/mol. The Morgan fingerprint density at radius 3 is 2.24 bits per heavy atom. The first-order valence-electron chi connectivity index (χ1n) is 7.11. The summed E-state index contributed by atoms with van der Waals surface area (Å²) in [5.41, 5.74) is 2.83. The van der Waals surface area contributed by atoms with Crippen molar-refractivity contribution in [3.63, 3.8) is 0 Å². The molecule has 0 amide bonds. The molecule has 3 nitrogen and oxygen atoms in total. The lowest BCUT2D eigenvalue weighted by atomic mass is 10.1. The highest BCUT2D eigenvalue weighted by Gasteiger charge is 2.19. The van der Waals surface area contributed by atoms with Gasteiger partial charge in [-0.25, -0.2) is 13.1 Å². The average molecular weight is 303 g/mol. The first-order valence-corrected chi connectivity index (χ1v) is 8.76. The van der Waals surface area contributed by atoms with Crippen LogP contribution in [0.25, 0.3) is 0 Å². The minimum atomic E-state index is -3.37. The van der Waals surface area contributed by atoms with Crippen LogP contribution >= 0.6 is 0 Å². The molecule has 0 aliphatic carbocycles. The third-order valence-corrected chi connectivity index (χ3v) is 4.87. The largest absolute Gasteiger partial charge is 0.216 e. The van der Waals surface area contributed by atoms with Crippen LogP contribution in [0.15, 0.2) is 54.6 Å². The lowest BCUT2D eigenvalue weighted by Crippen LogP contribution is -2.29. The van der Waals surface area contributed by atoms with Gasteiger partial charge in [-0.3, -0.25) is 0 Å². The van der Waals surface area contributed by atoms with Crippen molar-refractivity contribution >= 4 is 10.0 Å². The topological polar surface area (TPSA) is 46.2 Å². The minimum Gasteiger partial charge on any atom is -0.212 e. The second-order valence-electron chi connectivity index (χ2n) is 5.17. The van der Waals surface area contributed by atoms with Gasteiger partial charge >= 0.3 is 0 Å². The average Bonchev–Trinajstić information content (AvgIpc) is 2.48. The molecular formula is C17H21NO2S. The fourth-order valence-corrected chi connectivity index (χ4v) is 3.86. The molecule has 0 bridgehead atoms. The maximum absolute atomic E-state index is 12.4. The summed E-state index contributed by atoms with van der Waals surface area (Å²) >= 11 is 0. The Hall–Kier alpha value is -1.65. The molecule has 112 valence electrons. The van der Waals surface area contributed by atoms with E-state index in [0.29, 0.717) is 0 Å². The third-order valence-electron chi connectivity index (χ3n) is 3.54. The summed E-state index contributed by atoms with van der Waals surface area (Å²) in [6, 6.07) is 17.1. The normalized spacial score (nSPS) is 13.0. The van der Waals surface area contributed by atoms with Crippen molar-refractivity contribution in [1.82, 2.24) is 4.72 Å². The molecule has 0 radical (unpaired) electrons. The van der Waals surface area contributed by atoms with E-state index in [2.05, 4.69) is 4.72 Å². The molecule has 2 rings (SSSR count). The van der Waals surface area contributed by atoms with E-state index < -0.39 is 10.0 Å². The summed E-state index contributed by atoms with van der Waals surface area (Å²) in [5.74, 6) is 0.0169. The number of benzene rings is 2. The molecule has 2 aromatic rings. The third kappa shape index (κ3) is 4.41. The zero-order valence-electron chi connectivity index (χ0n) is 12.4. The van der Waals surface area contributed by atoms with Crippen LogP contribution in [0, 0.1) is 6.92 Å². The molecule has 0 heterocycles. The summed E-state index contributed by atoms with van der Waals surface area (Å²) in [6.45, 7) is 3.91. The Labute approximate surface area is 127 Å². The van der Waals surface area contributed by atoms with Gasteiger partial charge < -0.3 is 0 Å². The van der Waals surface area contributed by atoms with Gasteiger partial charge in [0.05, 0.1) is 5.75 Å². The number of sulfonamides is 1. The molecule has 4 heteroatoms. The highest BCUT2D eigenvalue weighted by Crippen LogP contribution is 2.19. The Morgan fingerprint density at radius 2 is 1.62 bits per heavy atom. The van der Waals surface area contributed by atoms with E-state index in [9.17, 15) is 8.42 Å². The summed E-state index contributed by atoms with van der Waals surface area (Å²) in [6.07, 6.45) is 0.719. The van der Waals surface area contributed by atoms with Crippen LogP contribution in [0.2, 0.25) is 0 Å². The standard InChI is InChI=1S/C17H21NO2S/c1-3-17(15-10-5-4-6-11-15)18-21(19,20)13-16-12-8-7-9-14(16)2/h4-12,17-18H,3,13H2,1-2H3/t17-/m1/s1. The second-order valence-corrected chi connectivity index (χ2v) is 6.93. The Bertz CT molecular complexity index is 681. The van der Waals surface area contributed by atoms with E-state index in [4.69, 9.17) is 0 Å². The highest BCUT2D eigenvalue weighted by molar-refractivity contribution is 7.88. The number of aryl methyl sites for hydroxylation is 1. The van der Waals surface area contributed by atoms with Gasteiger partial charge in [0.2, 0.25) is 10.0 Å². The van der Waals surface area contributed by atoms with Crippen LogP contribution in [-0.2, 0) is 15.8 Å². The SMILES string of the molecule is CC[C@@H](NS(=O)(=O)Cc1ccccc1C)c1ccccc1. The molecule has 1 atom stereocenters.